The van der Waals surface area contributed by atoms with Crippen LogP contribution in [0.5, 0.6) is 0 Å². The predicted molar refractivity (Wildman–Crippen MR) is 125 cm³/mol. The lowest BCUT2D eigenvalue weighted by atomic mass is 10.1. The molecular weight excluding hydrogens is 490 g/mol. The van der Waals surface area contributed by atoms with E-state index >= 15 is 0 Å². The Balaban J connectivity index is 2.53. The van der Waals surface area contributed by atoms with Crippen molar-refractivity contribution in [3.63, 3.8) is 0 Å². The molecule has 2 heterocycles. The third-order valence-corrected chi connectivity index (χ3v) is 5.20. The van der Waals surface area contributed by atoms with Crippen molar-refractivity contribution in [2.45, 2.75) is 6.92 Å². The van der Waals surface area contributed by atoms with Crippen LogP contribution >= 0.6 is 0 Å². The Morgan fingerprint density at radius 2 is 1.57 bits per heavy atom. The van der Waals surface area contributed by atoms with Crippen LogP contribution in [0.3, 0.4) is 0 Å². The largest absolute Gasteiger partial charge is 0.466 e. The van der Waals surface area contributed by atoms with E-state index in [4.69, 9.17) is 14.2 Å². The maximum absolute atomic E-state index is 13.1. The van der Waals surface area contributed by atoms with Crippen LogP contribution in [-0.2, 0) is 33.3 Å². The molecule has 194 valence electrons. The first-order valence-corrected chi connectivity index (χ1v) is 10.7. The van der Waals surface area contributed by atoms with Crippen molar-refractivity contribution in [1.82, 2.24) is 9.83 Å². The van der Waals surface area contributed by atoms with Gasteiger partial charge >= 0.3 is 29.8 Å². The fourth-order valence-corrected chi connectivity index (χ4v) is 3.69. The lowest BCUT2D eigenvalue weighted by Gasteiger charge is -2.06. The molecule has 13 nitrogen and oxygen atoms in total. The van der Waals surface area contributed by atoms with Gasteiger partial charge in [0.1, 0.15) is 22.5 Å². The number of esters is 5. The summed E-state index contributed by atoms with van der Waals surface area (Å²) in [5, 5.41) is 4.42. The van der Waals surface area contributed by atoms with Gasteiger partial charge in [0.15, 0.2) is 5.49 Å². The van der Waals surface area contributed by atoms with Crippen molar-refractivity contribution in [3.8, 4) is 11.3 Å². The van der Waals surface area contributed by atoms with E-state index < -0.39 is 35.5 Å². The van der Waals surface area contributed by atoms with E-state index in [2.05, 4.69) is 20.0 Å². The summed E-state index contributed by atoms with van der Waals surface area (Å²) in [7, 11) is 4.45. The smallest absolute Gasteiger partial charge is 0.356 e. The van der Waals surface area contributed by atoms with E-state index in [0.717, 1.165) is 34.5 Å². The van der Waals surface area contributed by atoms with Crippen LogP contribution in [0, 0.1) is 0 Å². The summed E-state index contributed by atoms with van der Waals surface area (Å²) in [4.78, 5) is 62.8. The molecule has 0 spiro atoms. The standard InChI is InChI=1S/C24H23N3O10/c1-6-37-23(31)17-13-10-8-7-9-12-16(22(30)35-4)19(24(32)36-5)27(18(12)13)20(17)26-25-14(21(29)34-3)11-15(28)33-2/h7-11,25H,6H2,1-5H3/b14-11-,26-20-. The molecule has 1 N–H and O–H groups in total. The molecule has 0 bridgehead atoms. The molecule has 1 aliphatic heterocycles. The predicted octanol–water partition coefficient (Wildman–Crippen LogP) is 0.867. The maximum Gasteiger partial charge on any atom is 0.356 e. The van der Waals surface area contributed by atoms with E-state index in [-0.39, 0.29) is 45.6 Å². The van der Waals surface area contributed by atoms with Crippen molar-refractivity contribution >= 4 is 35.2 Å². The number of carbonyl (C=O) groups is 5. The number of carbonyl (C=O) groups excluding carboxylic acids is 5. The van der Waals surface area contributed by atoms with Gasteiger partial charge in [-0.2, -0.15) is 5.10 Å². The van der Waals surface area contributed by atoms with Crippen LogP contribution in [-0.4, -0.2) is 69.3 Å². The Bertz CT molecular complexity index is 1450. The molecule has 0 aromatic carbocycles. The normalized spacial score (nSPS) is 11.8. The van der Waals surface area contributed by atoms with E-state index in [0.29, 0.717) is 0 Å². The number of hydrogen-bond acceptors (Lipinski definition) is 12. The molecule has 0 unspecified atom stereocenters. The summed E-state index contributed by atoms with van der Waals surface area (Å²) in [6.45, 7) is 1.62. The highest BCUT2D eigenvalue weighted by Crippen LogP contribution is 2.36. The number of ether oxygens (including phenoxy) is 5. The Morgan fingerprint density at radius 3 is 2.16 bits per heavy atom. The fraction of sp³-hybridized carbons (Fsp3) is 0.250. The van der Waals surface area contributed by atoms with Gasteiger partial charge < -0.3 is 23.7 Å². The van der Waals surface area contributed by atoms with E-state index in [1.165, 1.54) is 4.40 Å². The number of nitrogens with zero attached hydrogens (tertiary/aromatic N) is 2. The number of methoxy groups -OCH3 is 4. The molecule has 0 saturated heterocycles. The third-order valence-electron chi connectivity index (χ3n) is 5.20. The van der Waals surface area contributed by atoms with Gasteiger partial charge in [0.25, 0.3) is 0 Å². The zero-order valence-electron chi connectivity index (χ0n) is 20.6. The van der Waals surface area contributed by atoms with Crippen LogP contribution in [0.25, 0.3) is 16.6 Å². The van der Waals surface area contributed by atoms with Crippen LogP contribution in [0.4, 0.5) is 0 Å². The first-order chi connectivity index (χ1) is 17.7. The summed E-state index contributed by atoms with van der Waals surface area (Å²) in [6.07, 6.45) is 0.786. The zero-order valence-corrected chi connectivity index (χ0v) is 20.6. The molecular formula is C24H23N3O10. The highest BCUT2D eigenvalue weighted by Gasteiger charge is 2.36. The van der Waals surface area contributed by atoms with E-state index in [9.17, 15) is 24.0 Å². The van der Waals surface area contributed by atoms with Gasteiger partial charge in [-0.15, -0.1) is 0 Å². The van der Waals surface area contributed by atoms with Crippen LogP contribution in [0.1, 0.15) is 38.1 Å². The van der Waals surface area contributed by atoms with Gasteiger partial charge in [-0.25, -0.2) is 24.0 Å². The summed E-state index contributed by atoms with van der Waals surface area (Å²) < 4.78 is 25.5. The Hall–Kier alpha value is -4.94. The number of nitrogens with one attached hydrogen (secondary N) is 1. The number of hydrogen-bond donors (Lipinski definition) is 1. The van der Waals surface area contributed by atoms with Gasteiger partial charge in [-0.05, 0) is 6.92 Å². The molecule has 0 amide bonds. The van der Waals surface area contributed by atoms with Crippen molar-refractivity contribution in [2.75, 3.05) is 35.0 Å². The fourth-order valence-electron chi connectivity index (χ4n) is 3.69. The first-order valence-electron chi connectivity index (χ1n) is 10.7. The summed E-state index contributed by atoms with van der Waals surface area (Å²) in [5.74, 6) is -4.44. The quantitative estimate of drug-likeness (QED) is 0.197. The molecule has 1 aromatic heterocycles. The van der Waals surface area contributed by atoms with Gasteiger partial charge in [-0.3, -0.25) is 9.83 Å². The molecule has 13 heteroatoms. The summed E-state index contributed by atoms with van der Waals surface area (Å²) in [5.41, 5.74) is 1.75. The molecule has 0 saturated carbocycles. The van der Waals surface area contributed by atoms with Crippen LogP contribution in [0.15, 0.2) is 41.1 Å². The average molecular weight is 513 g/mol. The lowest BCUT2D eigenvalue weighted by molar-refractivity contribution is -0.138. The van der Waals surface area contributed by atoms with Gasteiger partial charge in [-0.1, -0.05) is 24.3 Å². The van der Waals surface area contributed by atoms with Gasteiger partial charge in [0.2, 0.25) is 0 Å². The second-order valence-electron chi connectivity index (χ2n) is 7.15. The number of rotatable bonds is 8. The van der Waals surface area contributed by atoms with Gasteiger partial charge in [0, 0.05) is 10.9 Å². The second-order valence-corrected chi connectivity index (χ2v) is 7.15. The monoisotopic (exact) mass is 513 g/mol. The topological polar surface area (TPSA) is 160 Å². The Labute approximate surface area is 209 Å². The zero-order chi connectivity index (χ0) is 27.3. The summed E-state index contributed by atoms with van der Waals surface area (Å²) >= 11 is 0. The minimum absolute atomic E-state index is 0.0208. The number of aromatic nitrogens is 1. The van der Waals surface area contributed by atoms with Crippen molar-refractivity contribution < 1.29 is 47.7 Å². The third kappa shape index (κ3) is 4.78. The molecule has 0 radical (unpaired) electrons. The molecule has 1 aromatic rings. The highest BCUT2D eigenvalue weighted by molar-refractivity contribution is 6.14. The molecule has 1 aliphatic carbocycles. The minimum Gasteiger partial charge on any atom is -0.466 e. The summed E-state index contributed by atoms with van der Waals surface area (Å²) in [6, 6.07) is 6.36. The van der Waals surface area contributed by atoms with Crippen molar-refractivity contribution in [3.05, 3.63) is 58.3 Å². The first kappa shape index (κ1) is 26.7. The molecule has 2 aliphatic rings. The molecule has 0 fully saturated rings. The van der Waals surface area contributed by atoms with Crippen LogP contribution < -0.4 is 10.9 Å². The minimum atomic E-state index is -0.976. The van der Waals surface area contributed by atoms with E-state index in [1.807, 2.05) is 0 Å². The SMILES string of the molecule is CCOC(=O)c1c2ccccc3c(C(=O)OC)c(C(=O)OC)n(c3-2)/c1=N\N/C(=C\C(=O)OC)C(=O)OC. The molecule has 3 rings (SSSR count). The molecule has 0 atom stereocenters. The Morgan fingerprint density at radius 1 is 0.892 bits per heavy atom. The van der Waals surface area contributed by atoms with Gasteiger partial charge in [0.05, 0.1) is 46.8 Å². The Kier molecular flexibility index (Phi) is 8.07. The lowest BCUT2D eigenvalue weighted by Crippen LogP contribution is -2.28. The van der Waals surface area contributed by atoms with Crippen molar-refractivity contribution in [1.29, 1.82) is 0 Å². The van der Waals surface area contributed by atoms with E-state index in [1.54, 1.807) is 31.2 Å². The molecule has 37 heavy (non-hydrogen) atoms. The van der Waals surface area contributed by atoms with Crippen LogP contribution in [0.2, 0.25) is 0 Å². The second kappa shape index (κ2) is 11.2. The van der Waals surface area contributed by atoms with Crippen molar-refractivity contribution in [2.24, 2.45) is 5.10 Å². The highest BCUT2D eigenvalue weighted by atomic mass is 16.5. The average Bonchev–Trinajstić information content (AvgIpc) is 3.30. The maximum atomic E-state index is 13.1.